The molecule has 2 aromatic rings. The summed E-state index contributed by atoms with van der Waals surface area (Å²) >= 11 is 1.58. The zero-order valence-electron chi connectivity index (χ0n) is 11.9. The molecular weight excluding hydrogens is 302 g/mol. The monoisotopic (exact) mass is 317 g/mol. The number of nitrogens with zero attached hydrogens (tertiary/aromatic N) is 5. The van der Waals surface area contributed by atoms with Crippen LogP contribution in [0.25, 0.3) is 0 Å². The van der Waals surface area contributed by atoms with Gasteiger partial charge in [-0.05, 0) is 22.4 Å². The molecule has 22 heavy (non-hydrogen) atoms. The Morgan fingerprint density at radius 1 is 1.41 bits per heavy atom. The summed E-state index contributed by atoms with van der Waals surface area (Å²) in [6, 6.07) is 3.88. The highest BCUT2D eigenvalue weighted by Crippen LogP contribution is 2.10. The molecule has 1 amide bonds. The highest BCUT2D eigenvalue weighted by molar-refractivity contribution is 7.07. The van der Waals surface area contributed by atoms with Crippen molar-refractivity contribution >= 4 is 17.2 Å². The summed E-state index contributed by atoms with van der Waals surface area (Å²) in [6.45, 7) is 1.43. The van der Waals surface area contributed by atoms with E-state index in [4.69, 9.17) is 5.26 Å². The summed E-state index contributed by atoms with van der Waals surface area (Å²) in [6.07, 6.45) is 0.924. The number of rotatable bonds is 3. The molecule has 0 atom stereocenters. The molecule has 0 spiro atoms. The second kappa shape index (κ2) is 6.15. The second-order valence-electron chi connectivity index (χ2n) is 5.11. The second-order valence-corrected chi connectivity index (χ2v) is 5.89. The lowest BCUT2D eigenvalue weighted by atomic mass is 10.2. The normalized spacial score (nSPS) is 14.2. The number of thiophene rings is 1. The van der Waals surface area contributed by atoms with E-state index in [9.17, 15) is 9.59 Å². The van der Waals surface area contributed by atoms with Crippen LogP contribution in [-0.4, -0.2) is 38.2 Å². The average Bonchev–Trinajstić information content (AvgIpc) is 3.04. The van der Waals surface area contributed by atoms with Gasteiger partial charge in [-0.1, -0.05) is 0 Å². The quantitative estimate of drug-likeness (QED) is 0.813. The Labute approximate surface area is 131 Å². The molecular formula is C14H15N5O2S. The molecule has 8 heteroatoms. The molecule has 0 unspecified atom stereocenters. The van der Waals surface area contributed by atoms with Crippen molar-refractivity contribution in [3.8, 4) is 6.07 Å². The van der Waals surface area contributed by atoms with E-state index in [1.807, 2.05) is 22.9 Å². The predicted molar refractivity (Wildman–Crippen MR) is 80.4 cm³/mol. The van der Waals surface area contributed by atoms with Gasteiger partial charge in [0.05, 0.1) is 12.5 Å². The van der Waals surface area contributed by atoms with E-state index in [1.165, 1.54) is 4.68 Å². The molecule has 0 aromatic carbocycles. The van der Waals surface area contributed by atoms with Gasteiger partial charge >= 0.3 is 5.69 Å². The zero-order chi connectivity index (χ0) is 15.5. The number of fused-ring (bicyclic) bond motifs is 1. The number of carbonyl (C=O) groups excluding carboxylic acids is 1. The van der Waals surface area contributed by atoms with Gasteiger partial charge in [0.15, 0.2) is 0 Å². The molecule has 0 saturated carbocycles. The van der Waals surface area contributed by atoms with Crippen LogP contribution in [0, 0.1) is 11.3 Å². The molecule has 7 nitrogen and oxygen atoms in total. The molecule has 1 aliphatic heterocycles. The van der Waals surface area contributed by atoms with E-state index < -0.39 is 0 Å². The smallest absolute Gasteiger partial charge is 0.340 e. The zero-order valence-corrected chi connectivity index (χ0v) is 12.8. The topological polar surface area (TPSA) is 83.9 Å². The Balaban J connectivity index is 1.70. The van der Waals surface area contributed by atoms with Crippen LogP contribution in [0.2, 0.25) is 0 Å². The van der Waals surface area contributed by atoms with E-state index >= 15 is 0 Å². The first-order chi connectivity index (χ1) is 10.7. The standard InChI is InChI=1S/C14H15N5O2S/c15-3-5-19-14(21)18-7-6-17(4-1-12(18)16-19)13(20)9-11-2-8-22-10-11/h2,8,10H,1,4-7,9H2. The Bertz CT molecular complexity index is 768. The lowest BCUT2D eigenvalue weighted by molar-refractivity contribution is -0.130. The van der Waals surface area contributed by atoms with Crippen LogP contribution in [-0.2, 0) is 30.7 Å². The minimum Gasteiger partial charge on any atom is -0.340 e. The Hall–Kier alpha value is -2.40. The van der Waals surface area contributed by atoms with Crippen LogP contribution >= 0.6 is 11.3 Å². The van der Waals surface area contributed by atoms with Crippen molar-refractivity contribution in [3.63, 3.8) is 0 Å². The Morgan fingerprint density at radius 2 is 2.27 bits per heavy atom. The first-order valence-corrected chi connectivity index (χ1v) is 7.95. The van der Waals surface area contributed by atoms with E-state index in [0.717, 1.165) is 5.56 Å². The largest absolute Gasteiger partial charge is 0.346 e. The van der Waals surface area contributed by atoms with Crippen molar-refractivity contribution in [1.29, 1.82) is 5.26 Å². The van der Waals surface area contributed by atoms with Crippen LogP contribution in [0.5, 0.6) is 0 Å². The predicted octanol–water partition coefficient (Wildman–Crippen LogP) is 0.257. The summed E-state index contributed by atoms with van der Waals surface area (Å²) in [7, 11) is 0. The number of hydrogen-bond acceptors (Lipinski definition) is 5. The molecule has 0 aliphatic carbocycles. The third kappa shape index (κ3) is 2.80. The molecule has 3 rings (SSSR count). The van der Waals surface area contributed by atoms with Crippen molar-refractivity contribution in [2.24, 2.45) is 0 Å². The Kier molecular flexibility index (Phi) is 4.06. The number of carbonyl (C=O) groups is 1. The minimum atomic E-state index is -0.274. The van der Waals surface area contributed by atoms with Gasteiger partial charge in [-0.25, -0.2) is 4.79 Å². The third-order valence-electron chi connectivity index (χ3n) is 3.71. The lowest BCUT2D eigenvalue weighted by Crippen LogP contribution is -2.36. The van der Waals surface area contributed by atoms with Gasteiger partial charge in [0, 0.05) is 26.1 Å². The highest BCUT2D eigenvalue weighted by Gasteiger charge is 2.22. The lowest BCUT2D eigenvalue weighted by Gasteiger charge is -2.19. The van der Waals surface area contributed by atoms with E-state index in [2.05, 4.69) is 5.10 Å². The van der Waals surface area contributed by atoms with Gasteiger partial charge in [0.25, 0.3) is 0 Å². The van der Waals surface area contributed by atoms with Gasteiger partial charge in [0.2, 0.25) is 5.91 Å². The molecule has 114 valence electrons. The maximum Gasteiger partial charge on any atom is 0.346 e. The highest BCUT2D eigenvalue weighted by atomic mass is 32.1. The average molecular weight is 317 g/mol. The van der Waals surface area contributed by atoms with Gasteiger partial charge in [0.1, 0.15) is 12.4 Å². The van der Waals surface area contributed by atoms with Crippen molar-refractivity contribution in [3.05, 3.63) is 38.7 Å². The molecule has 2 aromatic heterocycles. The molecule has 0 fully saturated rings. The van der Waals surface area contributed by atoms with Crippen molar-refractivity contribution in [2.75, 3.05) is 13.1 Å². The number of aromatic nitrogens is 3. The summed E-state index contributed by atoms with van der Waals surface area (Å²) in [5.41, 5.74) is 0.747. The summed E-state index contributed by atoms with van der Waals surface area (Å²) in [4.78, 5) is 26.2. The van der Waals surface area contributed by atoms with Gasteiger partial charge in [-0.2, -0.15) is 26.4 Å². The van der Waals surface area contributed by atoms with Crippen LogP contribution in [0.4, 0.5) is 0 Å². The third-order valence-corrected chi connectivity index (χ3v) is 4.44. The van der Waals surface area contributed by atoms with E-state index in [-0.39, 0.29) is 18.1 Å². The molecule has 0 bridgehead atoms. The molecule has 3 heterocycles. The molecule has 0 saturated heterocycles. The van der Waals surface area contributed by atoms with Crippen molar-refractivity contribution < 1.29 is 4.79 Å². The van der Waals surface area contributed by atoms with Crippen LogP contribution in [0.3, 0.4) is 0 Å². The fourth-order valence-corrected chi connectivity index (χ4v) is 3.23. The SMILES string of the molecule is N#CCn1nc2n(c1=O)CCN(C(=O)Cc1ccsc1)CC2. The van der Waals surface area contributed by atoms with Gasteiger partial charge in [-0.3, -0.25) is 9.36 Å². The fourth-order valence-electron chi connectivity index (χ4n) is 2.56. The van der Waals surface area contributed by atoms with Gasteiger partial charge < -0.3 is 4.90 Å². The number of nitriles is 1. The summed E-state index contributed by atoms with van der Waals surface area (Å²) in [5.74, 6) is 0.715. The number of hydrogen-bond donors (Lipinski definition) is 0. The maximum absolute atomic E-state index is 12.3. The van der Waals surface area contributed by atoms with E-state index in [1.54, 1.807) is 20.8 Å². The van der Waals surface area contributed by atoms with Crippen molar-refractivity contribution in [2.45, 2.75) is 25.9 Å². The van der Waals surface area contributed by atoms with E-state index in [0.29, 0.717) is 38.3 Å². The summed E-state index contributed by atoms with van der Waals surface area (Å²) in [5, 5.41) is 16.8. The van der Waals surface area contributed by atoms with Crippen LogP contribution < -0.4 is 5.69 Å². The van der Waals surface area contributed by atoms with Crippen LogP contribution in [0.15, 0.2) is 21.6 Å². The first kappa shape index (κ1) is 14.5. The molecule has 0 radical (unpaired) electrons. The van der Waals surface area contributed by atoms with Crippen LogP contribution in [0.1, 0.15) is 11.4 Å². The summed E-state index contributed by atoms with van der Waals surface area (Å²) < 4.78 is 2.74. The molecule has 1 aliphatic rings. The maximum atomic E-state index is 12.3. The molecule has 0 N–H and O–H groups in total. The van der Waals surface area contributed by atoms with Crippen molar-refractivity contribution in [1.82, 2.24) is 19.2 Å². The number of amides is 1. The minimum absolute atomic E-state index is 0.0420. The first-order valence-electron chi connectivity index (χ1n) is 7.01. The fraction of sp³-hybridized carbons (Fsp3) is 0.429. The van der Waals surface area contributed by atoms with Gasteiger partial charge in [-0.15, -0.1) is 0 Å². The Morgan fingerprint density at radius 3 is 3.00 bits per heavy atom.